The number of amides is 1. The molecule has 0 aromatic heterocycles. The summed E-state index contributed by atoms with van der Waals surface area (Å²) in [4.78, 5) is 11.6. The highest BCUT2D eigenvalue weighted by molar-refractivity contribution is 5.81. The van der Waals surface area contributed by atoms with E-state index < -0.39 is 6.04 Å². The topological polar surface area (TPSA) is 69.6 Å². The highest BCUT2D eigenvalue weighted by Crippen LogP contribution is 2.15. The van der Waals surface area contributed by atoms with E-state index >= 15 is 0 Å². The molecule has 84 valence electrons. The zero-order valence-corrected chi connectivity index (χ0v) is 8.81. The molecule has 1 atom stereocenters. The van der Waals surface area contributed by atoms with Crippen molar-refractivity contribution in [2.75, 3.05) is 13.2 Å². The Bertz CT molecular complexity index is 280. The molecule has 0 aromatic rings. The van der Waals surface area contributed by atoms with Crippen molar-refractivity contribution in [3.63, 3.8) is 0 Å². The maximum Gasteiger partial charge on any atom is 0.227 e. The lowest BCUT2D eigenvalue weighted by Gasteiger charge is -2.18. The van der Waals surface area contributed by atoms with Crippen LogP contribution >= 0.6 is 0 Å². The van der Waals surface area contributed by atoms with Gasteiger partial charge in [-0.15, -0.1) is 0 Å². The van der Waals surface area contributed by atoms with E-state index in [2.05, 4.69) is 5.32 Å². The van der Waals surface area contributed by atoms with Crippen LogP contribution in [-0.2, 0) is 4.79 Å². The molecule has 1 amide bonds. The Balaban J connectivity index is 2.45. The Hall–Kier alpha value is -1.13. The molecule has 4 nitrogen and oxygen atoms in total. The molecule has 15 heavy (non-hydrogen) atoms. The summed E-state index contributed by atoms with van der Waals surface area (Å²) < 4.78 is 0. The summed E-state index contributed by atoms with van der Waals surface area (Å²) in [5, 5.41) is 20.2. The van der Waals surface area contributed by atoms with Gasteiger partial charge < -0.3 is 15.5 Å². The molecule has 3 N–H and O–H groups in total. The second-order valence-electron chi connectivity index (χ2n) is 3.72. The molecule has 0 aromatic carbocycles. The van der Waals surface area contributed by atoms with Crippen LogP contribution in [-0.4, -0.2) is 35.4 Å². The Morgan fingerprint density at radius 2 is 2.27 bits per heavy atom. The minimum atomic E-state index is -0.557. The number of carbonyl (C=O) groups is 1. The summed E-state index contributed by atoms with van der Waals surface area (Å²) in [6.45, 7) is 1.50. The molecule has 0 saturated heterocycles. The third-order valence-corrected chi connectivity index (χ3v) is 2.41. The molecule has 0 saturated carbocycles. The van der Waals surface area contributed by atoms with Gasteiger partial charge in [0.1, 0.15) is 0 Å². The summed E-state index contributed by atoms with van der Waals surface area (Å²) in [7, 11) is 0. The fraction of sp³-hybridized carbons (Fsp3) is 0.545. The quantitative estimate of drug-likeness (QED) is 0.612. The zero-order valence-electron chi connectivity index (χ0n) is 8.81. The van der Waals surface area contributed by atoms with Crippen LogP contribution in [0.2, 0.25) is 0 Å². The van der Waals surface area contributed by atoms with Crippen LogP contribution in [0.25, 0.3) is 0 Å². The van der Waals surface area contributed by atoms with Gasteiger partial charge >= 0.3 is 0 Å². The van der Waals surface area contributed by atoms with Crippen LogP contribution in [0.3, 0.4) is 0 Å². The third kappa shape index (κ3) is 3.49. The smallest absolute Gasteiger partial charge is 0.227 e. The molecule has 1 rings (SSSR count). The van der Waals surface area contributed by atoms with Crippen LogP contribution in [0, 0.1) is 5.92 Å². The molecule has 0 bridgehead atoms. The van der Waals surface area contributed by atoms with E-state index in [1.807, 2.05) is 25.2 Å². The molecular formula is C11H17NO3. The normalized spacial score (nSPS) is 20.3. The lowest BCUT2D eigenvalue weighted by atomic mass is 9.96. The minimum Gasteiger partial charge on any atom is -0.394 e. The van der Waals surface area contributed by atoms with E-state index in [-0.39, 0.29) is 25.0 Å². The van der Waals surface area contributed by atoms with Crippen molar-refractivity contribution in [3.8, 4) is 0 Å². The van der Waals surface area contributed by atoms with E-state index in [0.717, 1.165) is 5.57 Å². The number of hydrogen-bond acceptors (Lipinski definition) is 3. The second-order valence-corrected chi connectivity index (χ2v) is 3.72. The third-order valence-electron chi connectivity index (χ3n) is 2.41. The van der Waals surface area contributed by atoms with Gasteiger partial charge in [-0.3, -0.25) is 4.79 Å². The number of aliphatic hydroxyl groups excluding tert-OH is 2. The first kappa shape index (κ1) is 11.9. The second kappa shape index (κ2) is 5.68. The number of carbonyl (C=O) groups excluding carboxylic acids is 1. The first-order valence-corrected chi connectivity index (χ1v) is 5.04. The van der Waals surface area contributed by atoms with Crippen LogP contribution in [0.5, 0.6) is 0 Å². The summed E-state index contributed by atoms with van der Waals surface area (Å²) in [6.07, 6.45) is 6.42. The van der Waals surface area contributed by atoms with E-state index in [9.17, 15) is 4.79 Å². The summed E-state index contributed by atoms with van der Waals surface area (Å²) in [5.74, 6) is -0.336. The Labute approximate surface area is 89.3 Å². The van der Waals surface area contributed by atoms with Crippen molar-refractivity contribution in [2.45, 2.75) is 19.4 Å². The average molecular weight is 211 g/mol. The van der Waals surface area contributed by atoms with Crippen LogP contribution < -0.4 is 5.32 Å². The van der Waals surface area contributed by atoms with Gasteiger partial charge in [-0.2, -0.15) is 0 Å². The molecule has 0 heterocycles. The van der Waals surface area contributed by atoms with Crippen molar-refractivity contribution in [2.24, 2.45) is 5.92 Å². The van der Waals surface area contributed by atoms with Gasteiger partial charge in [0.2, 0.25) is 5.91 Å². The number of allylic oxidation sites excluding steroid dienone is 3. The minimum absolute atomic E-state index is 0.150. The molecule has 1 aliphatic carbocycles. The number of rotatable bonds is 4. The zero-order chi connectivity index (χ0) is 11.3. The lowest BCUT2D eigenvalue weighted by Crippen LogP contribution is -2.42. The fourth-order valence-electron chi connectivity index (χ4n) is 1.38. The van der Waals surface area contributed by atoms with Crippen molar-refractivity contribution in [1.29, 1.82) is 0 Å². The van der Waals surface area contributed by atoms with Crippen LogP contribution in [0.15, 0.2) is 23.8 Å². The fourth-order valence-corrected chi connectivity index (χ4v) is 1.38. The molecular weight excluding hydrogens is 194 g/mol. The number of hydrogen-bond donors (Lipinski definition) is 3. The summed E-state index contributed by atoms with van der Waals surface area (Å²) >= 11 is 0. The monoisotopic (exact) mass is 211 g/mol. The predicted octanol–water partition coefficient (Wildman–Crippen LogP) is -0.0218. The molecule has 0 spiro atoms. The molecule has 0 fully saturated rings. The van der Waals surface area contributed by atoms with Crippen molar-refractivity contribution in [3.05, 3.63) is 23.8 Å². The van der Waals surface area contributed by atoms with Crippen LogP contribution in [0.1, 0.15) is 13.3 Å². The van der Waals surface area contributed by atoms with E-state index in [1.165, 1.54) is 0 Å². The van der Waals surface area contributed by atoms with E-state index in [4.69, 9.17) is 10.2 Å². The Kier molecular flexibility index (Phi) is 4.52. The van der Waals surface area contributed by atoms with Crippen molar-refractivity contribution >= 4 is 5.91 Å². The predicted molar refractivity (Wildman–Crippen MR) is 57.1 cm³/mol. The van der Waals surface area contributed by atoms with Gasteiger partial charge in [0.15, 0.2) is 0 Å². The standard InChI is InChI=1S/C11H17NO3/c1-8-2-4-9(5-3-8)11(15)12-10(6-13)7-14/h2-4,9-10,13-14H,5-7H2,1H3,(H,12,15). The number of nitrogens with one attached hydrogen (secondary N) is 1. The maximum atomic E-state index is 11.6. The highest BCUT2D eigenvalue weighted by Gasteiger charge is 2.19. The molecule has 0 radical (unpaired) electrons. The average Bonchev–Trinajstić information content (AvgIpc) is 2.26. The Morgan fingerprint density at radius 3 is 2.73 bits per heavy atom. The summed E-state index contributed by atoms with van der Waals surface area (Å²) in [6, 6.07) is -0.557. The number of aliphatic hydroxyl groups is 2. The highest BCUT2D eigenvalue weighted by atomic mass is 16.3. The first-order valence-electron chi connectivity index (χ1n) is 5.04. The van der Waals surface area contributed by atoms with E-state index in [0.29, 0.717) is 6.42 Å². The molecule has 4 heteroatoms. The lowest BCUT2D eigenvalue weighted by molar-refractivity contribution is -0.124. The van der Waals surface area contributed by atoms with Gasteiger partial charge in [0, 0.05) is 0 Å². The van der Waals surface area contributed by atoms with Crippen molar-refractivity contribution in [1.82, 2.24) is 5.32 Å². The van der Waals surface area contributed by atoms with Crippen LogP contribution in [0.4, 0.5) is 0 Å². The first-order chi connectivity index (χ1) is 7.17. The SMILES string of the molecule is CC1=CCC(C(=O)NC(CO)CO)C=C1. The largest absolute Gasteiger partial charge is 0.394 e. The maximum absolute atomic E-state index is 11.6. The Morgan fingerprint density at radius 1 is 1.60 bits per heavy atom. The van der Waals surface area contributed by atoms with Gasteiger partial charge in [0.25, 0.3) is 0 Å². The van der Waals surface area contributed by atoms with E-state index in [1.54, 1.807) is 0 Å². The molecule has 1 aliphatic rings. The van der Waals surface area contributed by atoms with Gasteiger partial charge in [-0.25, -0.2) is 0 Å². The van der Waals surface area contributed by atoms with Crippen molar-refractivity contribution < 1.29 is 15.0 Å². The van der Waals surface area contributed by atoms with Gasteiger partial charge in [-0.1, -0.05) is 23.8 Å². The van der Waals surface area contributed by atoms with Gasteiger partial charge in [-0.05, 0) is 13.3 Å². The van der Waals surface area contributed by atoms with Gasteiger partial charge in [0.05, 0.1) is 25.2 Å². The summed E-state index contributed by atoms with van der Waals surface area (Å²) in [5.41, 5.74) is 1.15. The molecule has 0 aliphatic heterocycles. The molecule has 1 unspecified atom stereocenters.